The molecule has 0 bridgehead atoms. The van der Waals surface area contributed by atoms with Gasteiger partial charge in [0.2, 0.25) is 0 Å². The molecule has 0 radical (unpaired) electrons. The fourth-order valence-electron chi connectivity index (χ4n) is 7.04. The van der Waals surface area contributed by atoms with Crippen LogP contribution in [0.4, 0.5) is 22.7 Å². The molecule has 0 saturated heterocycles. The monoisotopic (exact) mass is 688 g/mol. The zero-order valence-electron chi connectivity index (χ0n) is 24.9. The van der Waals surface area contributed by atoms with Crippen molar-refractivity contribution in [2.75, 3.05) is 20.5 Å². The van der Waals surface area contributed by atoms with Crippen LogP contribution < -0.4 is 41.7 Å². The van der Waals surface area contributed by atoms with E-state index in [0.717, 1.165) is 23.5 Å². The van der Waals surface area contributed by atoms with Crippen LogP contribution in [0.3, 0.4) is 0 Å². The number of hydrogen-bond acceptors (Lipinski definition) is 5. The second kappa shape index (κ2) is 10.7. The number of nitrogens with one attached hydrogen (secondary N) is 2. The van der Waals surface area contributed by atoms with Crippen molar-refractivity contribution in [3.8, 4) is 0 Å². The number of halogens is 1. The molecule has 0 aromatic heterocycles. The number of amidine groups is 1. The van der Waals surface area contributed by atoms with Crippen LogP contribution in [-0.4, -0.2) is 19.6 Å². The Labute approximate surface area is 269 Å². The van der Waals surface area contributed by atoms with E-state index < -0.39 is 21.2 Å². The van der Waals surface area contributed by atoms with E-state index in [1.54, 1.807) is 0 Å². The molecule has 8 rings (SSSR count). The normalized spacial score (nSPS) is 25.5. The average molecular weight is 689 g/mol. The number of nitrogens with zero attached hydrogens (tertiary/aromatic N) is 3. The van der Waals surface area contributed by atoms with Crippen molar-refractivity contribution >= 4 is 28.6 Å². The second-order valence-corrected chi connectivity index (χ2v) is 16.1. The molecule has 0 aliphatic carbocycles. The van der Waals surface area contributed by atoms with Crippen LogP contribution in [0.1, 0.15) is 30.5 Å². The predicted octanol–water partition coefficient (Wildman–Crippen LogP) is 4.88. The van der Waals surface area contributed by atoms with Crippen molar-refractivity contribution in [2.45, 2.75) is 39.4 Å². The van der Waals surface area contributed by atoms with Gasteiger partial charge in [-0.15, -0.1) is 0 Å². The second-order valence-electron chi connectivity index (χ2n) is 12.1. The quantitative estimate of drug-likeness (QED) is 0.161. The van der Waals surface area contributed by atoms with Gasteiger partial charge in [-0.1, -0.05) is 0 Å². The van der Waals surface area contributed by atoms with Gasteiger partial charge in [0.05, 0.1) is 0 Å². The van der Waals surface area contributed by atoms with Gasteiger partial charge in [-0.25, -0.2) is 0 Å². The molecular formula is C38H35IN5-. The van der Waals surface area contributed by atoms with Crippen molar-refractivity contribution < 1.29 is 21.2 Å². The first-order chi connectivity index (χ1) is 21.5. The fourth-order valence-corrected chi connectivity index (χ4v) is 11.6. The zero-order valence-corrected chi connectivity index (χ0v) is 27.0. The van der Waals surface area contributed by atoms with Gasteiger partial charge in [0, 0.05) is 0 Å². The minimum absolute atomic E-state index is 0.0168. The van der Waals surface area contributed by atoms with Crippen LogP contribution in [0.15, 0.2) is 145 Å². The molecule has 0 saturated carbocycles. The summed E-state index contributed by atoms with van der Waals surface area (Å²) < 4.78 is -0.0781. The number of rotatable bonds is 4. The number of para-hydroxylation sites is 4. The van der Waals surface area contributed by atoms with Crippen LogP contribution in [0.2, 0.25) is 0 Å². The molecule has 6 heteroatoms. The summed E-state index contributed by atoms with van der Waals surface area (Å²) in [5.41, 5.74) is 8.42. The van der Waals surface area contributed by atoms with E-state index in [2.05, 4.69) is 174 Å². The van der Waals surface area contributed by atoms with Crippen LogP contribution in [-0.2, 0) is 11.8 Å². The molecule has 0 amide bonds. The molecule has 0 spiro atoms. The summed E-state index contributed by atoms with van der Waals surface area (Å²) in [4.78, 5) is 2.51. The molecule has 5 aromatic rings. The molecule has 5 aromatic carbocycles. The van der Waals surface area contributed by atoms with Gasteiger partial charge in [-0.2, -0.15) is 0 Å². The van der Waals surface area contributed by atoms with Gasteiger partial charge >= 0.3 is 271 Å². The van der Waals surface area contributed by atoms with Gasteiger partial charge in [0.15, 0.2) is 0 Å². The molecule has 3 heterocycles. The van der Waals surface area contributed by atoms with Crippen molar-refractivity contribution in [3.05, 3.63) is 156 Å². The maximum absolute atomic E-state index is 5.49. The Morgan fingerprint density at radius 3 is 2.16 bits per heavy atom. The van der Waals surface area contributed by atoms with Gasteiger partial charge in [-0.3, -0.25) is 0 Å². The number of benzene rings is 5. The van der Waals surface area contributed by atoms with Crippen LogP contribution in [0, 0.1) is 0 Å². The Hall–Kier alpha value is -4.30. The number of hydrogen-bond donors (Lipinski definition) is 2. The Bertz CT molecular complexity index is 1830. The molecule has 2 N–H and O–H groups in total. The molecule has 4 atom stereocenters. The molecule has 0 fully saturated rings. The van der Waals surface area contributed by atoms with E-state index in [4.69, 9.17) is 5.10 Å². The van der Waals surface area contributed by atoms with Crippen molar-refractivity contribution in [1.29, 1.82) is 0 Å². The molecule has 5 nitrogen and oxygen atoms in total. The van der Waals surface area contributed by atoms with E-state index in [1.165, 1.54) is 28.2 Å². The molecule has 220 valence electrons. The number of fused-ring (bicyclic) bond motifs is 6. The topological polar surface area (TPSA) is 42.9 Å². The Morgan fingerprint density at radius 2 is 1.39 bits per heavy atom. The van der Waals surface area contributed by atoms with E-state index in [-0.39, 0.29) is 19.2 Å². The van der Waals surface area contributed by atoms with Crippen LogP contribution in [0.25, 0.3) is 0 Å². The van der Waals surface area contributed by atoms with E-state index in [9.17, 15) is 0 Å². The van der Waals surface area contributed by atoms with E-state index in [0.29, 0.717) is 0 Å². The van der Waals surface area contributed by atoms with Crippen molar-refractivity contribution in [2.24, 2.45) is 5.10 Å². The molecule has 3 aliphatic heterocycles. The average Bonchev–Trinajstić information content (AvgIpc) is 3.43. The summed E-state index contributed by atoms with van der Waals surface area (Å²) >= 11 is -0.632. The summed E-state index contributed by atoms with van der Waals surface area (Å²) in [6.45, 7) is 5.04. The van der Waals surface area contributed by atoms with E-state index in [1.807, 2.05) is 0 Å². The summed E-state index contributed by atoms with van der Waals surface area (Å²) in [5, 5.41) is 15.8. The standard InChI is InChI=1S/C38H35IN5/c1-37-26-28-18-12-15-25-33(28)44-36(43(30-21-10-5-11-22-30)34(42-44)27-16-6-3-7-17-27)39-38(37,2)35(40-29-19-8-4-9-20-29)41-32-24-14-13-23-31(32)37/h3-25,35-36,40-41H,26H2,1-2H3/q-1/t35?,36?,37-,38?/m1/s1. The molecule has 3 unspecified atom stereocenters. The maximum atomic E-state index is 5.49. The Kier molecular flexibility index (Phi) is 6.63. The van der Waals surface area contributed by atoms with Crippen molar-refractivity contribution in [3.63, 3.8) is 0 Å². The summed E-state index contributed by atoms with van der Waals surface area (Å²) in [6.07, 6.45) is 0.943. The van der Waals surface area contributed by atoms with Crippen molar-refractivity contribution in [1.82, 2.24) is 0 Å². The number of alkyl halides is 2. The molecule has 44 heavy (non-hydrogen) atoms. The molecule has 3 aliphatic rings. The van der Waals surface area contributed by atoms with Gasteiger partial charge in [0.1, 0.15) is 0 Å². The van der Waals surface area contributed by atoms with Gasteiger partial charge < -0.3 is 0 Å². The van der Waals surface area contributed by atoms with Gasteiger partial charge in [0.25, 0.3) is 0 Å². The summed E-state index contributed by atoms with van der Waals surface area (Å²) in [5.74, 6) is 1.00. The van der Waals surface area contributed by atoms with Crippen LogP contribution in [0.5, 0.6) is 0 Å². The van der Waals surface area contributed by atoms with Gasteiger partial charge in [-0.05, 0) is 0 Å². The first-order valence-corrected chi connectivity index (χ1v) is 17.6. The molecular weight excluding hydrogens is 653 g/mol. The third-order valence-electron chi connectivity index (χ3n) is 9.55. The predicted molar refractivity (Wildman–Crippen MR) is 178 cm³/mol. The minimum atomic E-state index is -0.632. The number of hydrazone groups is 1. The Balaban J connectivity index is 1.36. The van der Waals surface area contributed by atoms with E-state index >= 15 is 0 Å². The third-order valence-corrected chi connectivity index (χ3v) is 14.3. The SMILES string of the molecule is CC12[I-]C3N(N=C(c4ccccc4)N3c3ccccc3)c3ccccc3C[C@]1(C)c1ccccc1NC2Nc1ccccc1. The summed E-state index contributed by atoms with van der Waals surface area (Å²) in [7, 11) is 0. The first-order valence-electron chi connectivity index (χ1n) is 15.2. The fraction of sp³-hybridized carbons (Fsp3) is 0.184. The van der Waals surface area contributed by atoms with Crippen LogP contribution >= 0.6 is 0 Å². The number of anilines is 4. The Morgan fingerprint density at radius 1 is 0.750 bits per heavy atom. The third kappa shape index (κ3) is 4.30. The summed E-state index contributed by atoms with van der Waals surface area (Å²) in [6, 6.07) is 50.0. The first kappa shape index (κ1) is 27.3. The zero-order chi connectivity index (χ0) is 29.7.